The van der Waals surface area contributed by atoms with Gasteiger partial charge in [0, 0.05) is 17.8 Å². The number of carbonyl (C=O) groups excluding carboxylic acids is 2. The lowest BCUT2D eigenvalue weighted by Gasteiger charge is -2.22. The molecule has 34 heavy (non-hydrogen) atoms. The largest absolute Gasteiger partial charge is 0.342 e. The van der Waals surface area contributed by atoms with Crippen LogP contribution < -0.4 is 10.6 Å². The maximum Gasteiger partial charge on any atom is 0.253 e. The summed E-state index contributed by atoms with van der Waals surface area (Å²) in [6.45, 7) is 7.88. The standard InChI is InChI=1S/C24H27Cl2N5O2S/c1-13(2)20(28-23(33)17-10-9-16(25)11-18(17)26)22-29-30-24(31(22)5)34-12-19(32)27-21-14(3)7-6-8-15(21)4/h6-11,13,20H,12H2,1-5H3,(H,27,32)(H,28,33)/t20-/m0/s1. The molecule has 180 valence electrons. The van der Waals surface area contributed by atoms with Gasteiger partial charge in [-0.15, -0.1) is 10.2 Å². The first-order chi connectivity index (χ1) is 16.1. The number of nitrogens with zero attached hydrogens (tertiary/aromatic N) is 3. The van der Waals surface area contributed by atoms with Crippen molar-refractivity contribution in [2.45, 2.75) is 38.9 Å². The van der Waals surface area contributed by atoms with Crippen molar-refractivity contribution in [1.82, 2.24) is 20.1 Å². The molecule has 0 fully saturated rings. The molecular formula is C24H27Cl2N5O2S. The Bertz CT molecular complexity index is 1190. The third-order valence-corrected chi connectivity index (χ3v) is 6.92. The number of amides is 2. The lowest BCUT2D eigenvalue weighted by molar-refractivity contribution is -0.113. The van der Waals surface area contributed by atoms with Crippen LogP contribution in [0.5, 0.6) is 0 Å². The molecule has 0 unspecified atom stereocenters. The highest BCUT2D eigenvalue weighted by Gasteiger charge is 2.26. The molecule has 7 nitrogen and oxygen atoms in total. The minimum absolute atomic E-state index is 0.0307. The molecule has 0 saturated heterocycles. The second-order valence-corrected chi connectivity index (χ2v) is 10.1. The molecule has 0 radical (unpaired) electrons. The zero-order valence-corrected chi connectivity index (χ0v) is 22.0. The van der Waals surface area contributed by atoms with E-state index >= 15 is 0 Å². The molecule has 0 bridgehead atoms. The van der Waals surface area contributed by atoms with E-state index in [1.54, 1.807) is 16.7 Å². The summed E-state index contributed by atoms with van der Waals surface area (Å²) in [5, 5.41) is 15.8. The maximum atomic E-state index is 12.9. The van der Waals surface area contributed by atoms with Gasteiger partial charge in [0.15, 0.2) is 11.0 Å². The first-order valence-electron chi connectivity index (χ1n) is 10.7. The van der Waals surface area contributed by atoms with Gasteiger partial charge < -0.3 is 15.2 Å². The second kappa shape index (κ2) is 11.3. The molecule has 0 spiro atoms. The van der Waals surface area contributed by atoms with E-state index < -0.39 is 6.04 Å². The van der Waals surface area contributed by atoms with E-state index in [0.717, 1.165) is 16.8 Å². The summed E-state index contributed by atoms with van der Waals surface area (Å²) in [5.41, 5.74) is 3.18. The van der Waals surface area contributed by atoms with Gasteiger partial charge in [-0.1, -0.05) is 67.0 Å². The molecule has 2 amide bonds. The first-order valence-corrected chi connectivity index (χ1v) is 12.5. The van der Waals surface area contributed by atoms with Crippen LogP contribution >= 0.6 is 35.0 Å². The molecule has 0 aliphatic carbocycles. The van der Waals surface area contributed by atoms with E-state index in [9.17, 15) is 9.59 Å². The summed E-state index contributed by atoms with van der Waals surface area (Å²) < 4.78 is 1.80. The predicted molar refractivity (Wildman–Crippen MR) is 138 cm³/mol. The van der Waals surface area contributed by atoms with Crippen LogP contribution in [0, 0.1) is 19.8 Å². The third-order valence-electron chi connectivity index (χ3n) is 5.35. The number of halogens is 2. The molecule has 2 aromatic carbocycles. The van der Waals surface area contributed by atoms with Crippen molar-refractivity contribution in [1.29, 1.82) is 0 Å². The molecule has 0 aliphatic rings. The SMILES string of the molecule is Cc1cccc(C)c1NC(=O)CSc1nnc([C@@H](NC(=O)c2ccc(Cl)cc2Cl)C(C)C)n1C. The molecule has 1 aromatic heterocycles. The Morgan fingerprint density at radius 1 is 1.09 bits per heavy atom. The molecule has 3 rings (SSSR count). The number of nitrogens with one attached hydrogen (secondary N) is 2. The fourth-order valence-electron chi connectivity index (χ4n) is 3.46. The number of hydrogen-bond donors (Lipinski definition) is 2. The van der Waals surface area contributed by atoms with Crippen LogP contribution in [0.1, 0.15) is 47.2 Å². The topological polar surface area (TPSA) is 88.9 Å². The molecular weight excluding hydrogens is 493 g/mol. The van der Waals surface area contributed by atoms with Crippen molar-refractivity contribution in [3.8, 4) is 0 Å². The van der Waals surface area contributed by atoms with E-state index in [-0.39, 0.29) is 28.5 Å². The summed E-state index contributed by atoms with van der Waals surface area (Å²) in [6, 6.07) is 10.2. The Morgan fingerprint density at radius 2 is 1.76 bits per heavy atom. The highest BCUT2D eigenvalue weighted by Crippen LogP contribution is 2.27. The van der Waals surface area contributed by atoms with Gasteiger partial charge in [0.25, 0.3) is 5.91 Å². The van der Waals surface area contributed by atoms with Crippen LogP contribution in [0.3, 0.4) is 0 Å². The van der Waals surface area contributed by atoms with Crippen molar-refractivity contribution in [3.63, 3.8) is 0 Å². The molecule has 0 aliphatic heterocycles. The van der Waals surface area contributed by atoms with Gasteiger partial charge in [0.05, 0.1) is 22.4 Å². The van der Waals surface area contributed by atoms with Crippen LogP contribution in [0.2, 0.25) is 10.0 Å². The second-order valence-electron chi connectivity index (χ2n) is 8.32. The van der Waals surface area contributed by atoms with Crippen molar-refractivity contribution < 1.29 is 9.59 Å². The smallest absolute Gasteiger partial charge is 0.253 e. The third kappa shape index (κ3) is 6.11. The Kier molecular flexibility index (Phi) is 8.62. The average Bonchev–Trinajstić information content (AvgIpc) is 3.12. The number of aromatic nitrogens is 3. The molecule has 3 aromatic rings. The minimum Gasteiger partial charge on any atom is -0.342 e. The number of para-hydroxylation sites is 1. The predicted octanol–water partition coefficient (Wildman–Crippen LogP) is 5.60. The molecule has 0 saturated carbocycles. The van der Waals surface area contributed by atoms with Gasteiger partial charge in [0.2, 0.25) is 5.91 Å². The van der Waals surface area contributed by atoms with Crippen LogP contribution in [-0.2, 0) is 11.8 Å². The number of benzene rings is 2. The Labute approximate surface area is 213 Å². The fraction of sp³-hybridized carbons (Fsp3) is 0.333. The average molecular weight is 520 g/mol. The summed E-state index contributed by atoms with van der Waals surface area (Å²) in [4.78, 5) is 25.4. The molecule has 1 heterocycles. The van der Waals surface area contributed by atoms with Gasteiger partial charge >= 0.3 is 0 Å². The van der Waals surface area contributed by atoms with Crippen LogP contribution in [0.25, 0.3) is 0 Å². The number of aryl methyl sites for hydroxylation is 2. The van der Waals surface area contributed by atoms with Gasteiger partial charge in [0.1, 0.15) is 0 Å². The number of rotatable bonds is 8. The Morgan fingerprint density at radius 3 is 2.38 bits per heavy atom. The summed E-state index contributed by atoms with van der Waals surface area (Å²) in [5.74, 6) is 0.344. The van der Waals surface area contributed by atoms with Gasteiger partial charge in [-0.25, -0.2) is 0 Å². The van der Waals surface area contributed by atoms with Crippen molar-refractivity contribution >= 4 is 52.5 Å². The molecule has 1 atom stereocenters. The summed E-state index contributed by atoms with van der Waals surface area (Å²) >= 11 is 13.4. The van der Waals surface area contributed by atoms with E-state index in [1.807, 2.05) is 52.9 Å². The van der Waals surface area contributed by atoms with Crippen molar-refractivity contribution in [2.75, 3.05) is 11.1 Å². The minimum atomic E-state index is -0.408. The molecule has 2 N–H and O–H groups in total. The number of hydrogen-bond acceptors (Lipinski definition) is 5. The summed E-state index contributed by atoms with van der Waals surface area (Å²) in [6.07, 6.45) is 0. The van der Waals surface area contributed by atoms with Crippen LogP contribution in [0.4, 0.5) is 5.69 Å². The lowest BCUT2D eigenvalue weighted by Crippen LogP contribution is -2.33. The fourth-order valence-corrected chi connectivity index (χ4v) is 4.67. The number of carbonyl (C=O) groups is 2. The Hall–Kier alpha value is -2.55. The molecule has 10 heteroatoms. The first kappa shape index (κ1) is 26.1. The van der Waals surface area contributed by atoms with Crippen molar-refractivity contribution in [2.24, 2.45) is 13.0 Å². The van der Waals surface area contributed by atoms with E-state index in [2.05, 4.69) is 20.8 Å². The monoisotopic (exact) mass is 519 g/mol. The highest BCUT2D eigenvalue weighted by molar-refractivity contribution is 7.99. The summed E-state index contributed by atoms with van der Waals surface area (Å²) in [7, 11) is 1.82. The van der Waals surface area contributed by atoms with Crippen LogP contribution in [0.15, 0.2) is 41.6 Å². The zero-order valence-electron chi connectivity index (χ0n) is 19.6. The van der Waals surface area contributed by atoms with Gasteiger partial charge in [-0.2, -0.15) is 0 Å². The maximum absolute atomic E-state index is 12.9. The van der Waals surface area contributed by atoms with Gasteiger partial charge in [-0.3, -0.25) is 9.59 Å². The number of thioether (sulfide) groups is 1. The van der Waals surface area contributed by atoms with E-state index in [0.29, 0.717) is 21.6 Å². The van der Waals surface area contributed by atoms with E-state index in [4.69, 9.17) is 23.2 Å². The normalized spacial score (nSPS) is 12.0. The number of anilines is 1. The van der Waals surface area contributed by atoms with Gasteiger partial charge in [-0.05, 0) is 49.1 Å². The van der Waals surface area contributed by atoms with E-state index in [1.165, 1.54) is 17.8 Å². The zero-order chi connectivity index (χ0) is 25.0. The quantitative estimate of drug-likeness (QED) is 0.378. The Balaban J connectivity index is 1.70. The van der Waals surface area contributed by atoms with Crippen molar-refractivity contribution in [3.05, 3.63) is 69.0 Å². The lowest BCUT2D eigenvalue weighted by atomic mass is 10.0. The highest BCUT2D eigenvalue weighted by atomic mass is 35.5. The van der Waals surface area contributed by atoms with Crippen LogP contribution in [-0.4, -0.2) is 32.3 Å².